The second kappa shape index (κ2) is 5.07. The number of nitrogens with zero attached hydrogens (tertiary/aromatic N) is 4. The Kier molecular flexibility index (Phi) is 3.40. The zero-order valence-corrected chi connectivity index (χ0v) is 12.5. The molecule has 0 aliphatic rings. The first-order chi connectivity index (χ1) is 9.56. The van der Waals surface area contributed by atoms with Gasteiger partial charge in [-0.2, -0.15) is 4.98 Å². The van der Waals surface area contributed by atoms with Crippen molar-refractivity contribution in [3.05, 3.63) is 40.8 Å². The van der Waals surface area contributed by atoms with Gasteiger partial charge >= 0.3 is 0 Å². The quantitative estimate of drug-likeness (QED) is 0.692. The van der Waals surface area contributed by atoms with Crippen LogP contribution in [0.5, 0.6) is 0 Å². The van der Waals surface area contributed by atoms with E-state index in [1.807, 2.05) is 23.6 Å². The smallest absolute Gasteiger partial charge is 0.246 e. The number of hydrogen-bond acceptors (Lipinski definition) is 4. The number of hydrogen-bond donors (Lipinski definition) is 0. The summed E-state index contributed by atoms with van der Waals surface area (Å²) in [6.07, 6.45) is 0. The summed E-state index contributed by atoms with van der Waals surface area (Å²) < 4.78 is 7.12. The van der Waals surface area contributed by atoms with Crippen LogP contribution in [0.3, 0.4) is 0 Å². The van der Waals surface area contributed by atoms with Crippen molar-refractivity contribution in [2.75, 3.05) is 0 Å². The number of halogens is 2. The van der Waals surface area contributed by atoms with Gasteiger partial charge in [0.15, 0.2) is 5.82 Å². The maximum Gasteiger partial charge on any atom is 0.246 e. The molecule has 1 atom stereocenters. The summed E-state index contributed by atoms with van der Waals surface area (Å²) in [7, 11) is 0. The molecule has 0 radical (unpaired) electrons. The van der Waals surface area contributed by atoms with E-state index in [1.54, 1.807) is 13.0 Å². The topological polar surface area (TPSA) is 56.7 Å². The van der Waals surface area contributed by atoms with Gasteiger partial charge in [0.05, 0.1) is 15.9 Å². The van der Waals surface area contributed by atoms with Gasteiger partial charge in [-0.05, 0) is 26.0 Å². The molecular weight excluding hydrogens is 299 g/mol. The van der Waals surface area contributed by atoms with Crippen LogP contribution in [0.2, 0.25) is 5.02 Å². The first-order valence-electron chi connectivity index (χ1n) is 6.14. The van der Waals surface area contributed by atoms with E-state index in [9.17, 15) is 0 Å². The van der Waals surface area contributed by atoms with Crippen molar-refractivity contribution in [3.8, 4) is 0 Å². The van der Waals surface area contributed by atoms with E-state index in [0.717, 1.165) is 16.9 Å². The SMILES string of the molecule is Cc1noc(Cn2c(C(C)Cl)nc3c(Cl)cccc32)n1. The molecule has 5 nitrogen and oxygen atoms in total. The van der Waals surface area contributed by atoms with Gasteiger partial charge in [0.2, 0.25) is 5.89 Å². The van der Waals surface area contributed by atoms with Gasteiger partial charge in [0.25, 0.3) is 0 Å². The summed E-state index contributed by atoms with van der Waals surface area (Å²) in [6.45, 7) is 4.07. The predicted molar refractivity (Wildman–Crippen MR) is 77.1 cm³/mol. The van der Waals surface area contributed by atoms with Crippen molar-refractivity contribution in [2.45, 2.75) is 25.8 Å². The molecule has 7 heteroatoms. The average Bonchev–Trinajstić information content (AvgIpc) is 2.96. The van der Waals surface area contributed by atoms with E-state index in [0.29, 0.717) is 23.3 Å². The van der Waals surface area contributed by atoms with Crippen LogP contribution in [0.25, 0.3) is 11.0 Å². The van der Waals surface area contributed by atoms with Crippen LogP contribution in [-0.2, 0) is 6.54 Å². The summed E-state index contributed by atoms with van der Waals surface area (Å²) >= 11 is 12.4. The molecule has 20 heavy (non-hydrogen) atoms. The molecule has 0 fully saturated rings. The van der Waals surface area contributed by atoms with Crippen LogP contribution in [0.4, 0.5) is 0 Å². The number of alkyl halides is 1. The minimum atomic E-state index is -0.248. The number of rotatable bonds is 3. The van der Waals surface area contributed by atoms with E-state index >= 15 is 0 Å². The molecular formula is C13H12Cl2N4O. The van der Waals surface area contributed by atoms with Gasteiger partial charge < -0.3 is 9.09 Å². The molecule has 3 aromatic rings. The molecule has 0 spiro atoms. The Labute approximate surface area is 125 Å². The third-order valence-corrected chi connectivity index (χ3v) is 3.48. The van der Waals surface area contributed by atoms with E-state index in [1.165, 1.54) is 0 Å². The number of benzene rings is 1. The monoisotopic (exact) mass is 310 g/mol. The Morgan fingerprint density at radius 1 is 1.35 bits per heavy atom. The summed E-state index contributed by atoms with van der Waals surface area (Å²) in [5.74, 6) is 1.84. The summed E-state index contributed by atoms with van der Waals surface area (Å²) in [4.78, 5) is 8.74. The normalized spacial score (nSPS) is 13.0. The van der Waals surface area contributed by atoms with Crippen LogP contribution in [-0.4, -0.2) is 19.7 Å². The van der Waals surface area contributed by atoms with Crippen LogP contribution in [0.1, 0.15) is 29.8 Å². The molecule has 2 heterocycles. The fraction of sp³-hybridized carbons (Fsp3) is 0.308. The first kappa shape index (κ1) is 13.4. The molecule has 3 rings (SSSR count). The molecule has 0 aliphatic carbocycles. The van der Waals surface area contributed by atoms with Gasteiger partial charge in [0, 0.05) is 0 Å². The third-order valence-electron chi connectivity index (χ3n) is 2.98. The fourth-order valence-electron chi connectivity index (χ4n) is 2.14. The lowest BCUT2D eigenvalue weighted by Crippen LogP contribution is -2.06. The second-order valence-electron chi connectivity index (χ2n) is 4.52. The Bertz CT molecular complexity index is 763. The number of aryl methyl sites for hydroxylation is 1. The van der Waals surface area contributed by atoms with Crippen LogP contribution >= 0.6 is 23.2 Å². The van der Waals surface area contributed by atoms with Gasteiger partial charge in [-0.15, -0.1) is 11.6 Å². The molecule has 0 saturated carbocycles. The molecule has 0 N–H and O–H groups in total. The fourth-order valence-corrected chi connectivity index (χ4v) is 2.52. The van der Waals surface area contributed by atoms with Crippen molar-refractivity contribution in [3.63, 3.8) is 0 Å². The van der Waals surface area contributed by atoms with Crippen molar-refractivity contribution in [2.24, 2.45) is 0 Å². The standard InChI is InChI=1S/C13H12Cl2N4O/c1-7(14)13-17-12-9(15)4-3-5-10(12)19(13)6-11-16-8(2)18-20-11/h3-5,7H,6H2,1-2H3. The highest BCUT2D eigenvalue weighted by molar-refractivity contribution is 6.35. The highest BCUT2D eigenvalue weighted by Gasteiger charge is 2.18. The predicted octanol–water partition coefficient (Wildman–Crippen LogP) is 3.73. The molecule has 1 unspecified atom stereocenters. The third kappa shape index (κ3) is 2.27. The minimum Gasteiger partial charge on any atom is -0.337 e. The molecule has 0 saturated heterocycles. The molecule has 0 amide bonds. The molecule has 104 valence electrons. The maximum absolute atomic E-state index is 6.21. The molecule has 2 aromatic heterocycles. The van der Waals surface area contributed by atoms with Crippen molar-refractivity contribution in [1.82, 2.24) is 19.7 Å². The Morgan fingerprint density at radius 3 is 2.80 bits per heavy atom. The summed E-state index contributed by atoms with van der Waals surface area (Å²) in [6, 6.07) is 5.63. The van der Waals surface area contributed by atoms with Gasteiger partial charge in [0.1, 0.15) is 17.9 Å². The number of imidazole rings is 1. The molecule has 0 aliphatic heterocycles. The highest BCUT2D eigenvalue weighted by Crippen LogP contribution is 2.29. The largest absolute Gasteiger partial charge is 0.337 e. The molecule has 0 bridgehead atoms. The first-order valence-corrected chi connectivity index (χ1v) is 6.95. The lowest BCUT2D eigenvalue weighted by molar-refractivity contribution is 0.367. The lowest BCUT2D eigenvalue weighted by atomic mass is 10.3. The number of fused-ring (bicyclic) bond motifs is 1. The van der Waals surface area contributed by atoms with E-state index < -0.39 is 0 Å². The van der Waals surface area contributed by atoms with Crippen LogP contribution in [0, 0.1) is 6.92 Å². The van der Waals surface area contributed by atoms with E-state index in [2.05, 4.69) is 15.1 Å². The van der Waals surface area contributed by atoms with E-state index in [-0.39, 0.29) is 5.38 Å². The van der Waals surface area contributed by atoms with Crippen LogP contribution in [0.15, 0.2) is 22.7 Å². The Hall–Kier alpha value is -1.59. The number of para-hydroxylation sites is 1. The van der Waals surface area contributed by atoms with Crippen LogP contribution < -0.4 is 0 Å². The zero-order valence-electron chi connectivity index (χ0n) is 11.0. The number of aromatic nitrogens is 4. The Balaban J connectivity index is 2.16. The maximum atomic E-state index is 6.21. The second-order valence-corrected chi connectivity index (χ2v) is 5.58. The highest BCUT2D eigenvalue weighted by atomic mass is 35.5. The summed E-state index contributed by atoms with van der Waals surface area (Å²) in [5.41, 5.74) is 1.63. The van der Waals surface area contributed by atoms with Gasteiger partial charge in [-0.1, -0.05) is 22.8 Å². The van der Waals surface area contributed by atoms with Crippen molar-refractivity contribution < 1.29 is 4.52 Å². The van der Waals surface area contributed by atoms with Crippen molar-refractivity contribution in [1.29, 1.82) is 0 Å². The van der Waals surface area contributed by atoms with Gasteiger partial charge in [-0.3, -0.25) is 0 Å². The van der Waals surface area contributed by atoms with Gasteiger partial charge in [-0.25, -0.2) is 4.98 Å². The molecule has 1 aromatic carbocycles. The zero-order chi connectivity index (χ0) is 14.3. The van der Waals surface area contributed by atoms with Crippen molar-refractivity contribution >= 4 is 34.2 Å². The van der Waals surface area contributed by atoms with E-state index in [4.69, 9.17) is 27.7 Å². The summed E-state index contributed by atoms with van der Waals surface area (Å²) in [5, 5.41) is 4.14. The average molecular weight is 311 g/mol. The Morgan fingerprint density at radius 2 is 2.15 bits per heavy atom. The minimum absolute atomic E-state index is 0.248. The lowest BCUT2D eigenvalue weighted by Gasteiger charge is -2.07.